The van der Waals surface area contributed by atoms with Crippen LogP contribution in [0.15, 0.2) is 0 Å². The zero-order chi connectivity index (χ0) is 5.91. The Bertz CT molecular complexity index is 113. The predicted octanol–water partition coefficient (Wildman–Crippen LogP) is -0.476. The summed E-state index contributed by atoms with van der Waals surface area (Å²) in [5, 5.41) is 0. The van der Waals surface area contributed by atoms with E-state index in [9.17, 15) is 8.42 Å². The summed E-state index contributed by atoms with van der Waals surface area (Å²) in [6.45, 7) is 0. The van der Waals surface area contributed by atoms with Crippen LogP contribution in [0.5, 0.6) is 0 Å². The van der Waals surface area contributed by atoms with Crippen LogP contribution in [0.25, 0.3) is 0 Å². The van der Waals surface area contributed by atoms with Gasteiger partial charge in [-0.3, -0.25) is 8.37 Å². The first kappa shape index (κ1) is 6.87. The Morgan fingerprint density at radius 2 is 2.00 bits per heavy atom. The van der Waals surface area contributed by atoms with Gasteiger partial charge in [0.05, 0.1) is 14.2 Å². The Hall–Kier alpha value is -0.130. The molecular formula is C2H6O4S. The molecule has 0 amide bonds. The van der Waals surface area contributed by atoms with Crippen LogP contribution in [-0.4, -0.2) is 22.6 Å². The highest BCUT2D eigenvalue weighted by Gasteiger charge is 2.01. The molecule has 0 aliphatic rings. The molecule has 0 rings (SSSR count). The Labute approximate surface area is 42.4 Å². The molecule has 0 aromatic rings. The van der Waals surface area contributed by atoms with Crippen molar-refractivity contribution in [3.8, 4) is 0 Å². The summed E-state index contributed by atoms with van der Waals surface area (Å²) in [6.07, 6.45) is 0. The van der Waals surface area contributed by atoms with Gasteiger partial charge in [-0.1, -0.05) is 0 Å². The van der Waals surface area contributed by atoms with Crippen LogP contribution < -0.4 is 0 Å². The van der Waals surface area contributed by atoms with E-state index in [4.69, 9.17) is 0 Å². The van der Waals surface area contributed by atoms with Gasteiger partial charge in [-0.05, 0) is 0 Å². The van der Waals surface area contributed by atoms with E-state index in [1.54, 1.807) is 0 Å². The Morgan fingerprint density at radius 1 is 1.57 bits per heavy atom. The van der Waals surface area contributed by atoms with E-state index in [2.05, 4.69) is 8.37 Å². The maximum atomic E-state index is 9.92. The van der Waals surface area contributed by atoms with Gasteiger partial charge in [0, 0.05) is 0 Å². The summed E-state index contributed by atoms with van der Waals surface area (Å²) >= 11 is 0. The molecule has 0 atom stereocenters. The summed E-state index contributed by atoms with van der Waals surface area (Å²) in [6, 6.07) is 0. The molecule has 0 unspecified atom stereocenters. The molecule has 0 aromatic heterocycles. The van der Waals surface area contributed by atoms with E-state index in [0.717, 1.165) is 14.2 Å². The first-order valence-corrected chi connectivity index (χ1v) is 2.82. The third-order valence-corrected chi connectivity index (χ3v) is 1.22. The highest BCUT2D eigenvalue weighted by Crippen LogP contribution is 1.85. The Morgan fingerprint density at radius 3 is 2.00 bits per heavy atom. The molecule has 5 heteroatoms. The van der Waals surface area contributed by atoms with Crippen molar-refractivity contribution >= 4 is 10.4 Å². The van der Waals surface area contributed by atoms with Crippen molar-refractivity contribution in [1.82, 2.24) is 0 Å². The molecule has 0 fully saturated rings. The van der Waals surface area contributed by atoms with E-state index < -0.39 is 10.4 Å². The molecule has 0 aromatic carbocycles. The zero-order valence-corrected chi connectivity index (χ0v) is 4.86. The first-order valence-electron chi connectivity index (χ1n) is 1.48. The summed E-state index contributed by atoms with van der Waals surface area (Å²) in [4.78, 5) is 0. The normalized spacial score (nSPS) is 11.7. The zero-order valence-electron chi connectivity index (χ0n) is 4.04. The fourth-order valence-electron chi connectivity index (χ4n) is 0.0680. The molecule has 0 heterocycles. The van der Waals surface area contributed by atoms with Crippen molar-refractivity contribution in [1.29, 1.82) is 0 Å². The maximum Gasteiger partial charge on any atom is 0.399 e. The van der Waals surface area contributed by atoms with Crippen LogP contribution in [-0.2, 0) is 18.8 Å². The minimum Gasteiger partial charge on any atom is -0.252 e. The lowest BCUT2D eigenvalue weighted by Crippen LogP contribution is -2.02. The average molecular weight is 128 g/mol. The maximum absolute atomic E-state index is 9.92. The van der Waals surface area contributed by atoms with E-state index >= 15 is 0 Å². The minimum atomic E-state index is -3.66. The Balaban J connectivity index is 3.89. The van der Waals surface area contributed by atoms with Crippen molar-refractivity contribution < 1.29 is 16.8 Å². The molecule has 0 aliphatic heterocycles. The SMILES string of the molecule is COS(=O)(=O)O[14CH3]. The van der Waals surface area contributed by atoms with Crippen LogP contribution in [0.3, 0.4) is 0 Å². The molecule has 0 bridgehead atoms. The highest BCUT2D eigenvalue weighted by molar-refractivity contribution is 7.81. The number of hydrogen-bond acceptors (Lipinski definition) is 4. The molecule has 0 N–H and O–H groups in total. The summed E-state index contributed by atoms with van der Waals surface area (Å²) < 4.78 is 27.5. The molecule has 4 nitrogen and oxygen atoms in total. The van der Waals surface area contributed by atoms with Gasteiger partial charge in [0.2, 0.25) is 0 Å². The molecule has 0 spiro atoms. The summed E-state index contributed by atoms with van der Waals surface area (Å²) in [5.41, 5.74) is 0. The van der Waals surface area contributed by atoms with Crippen LogP contribution in [0.4, 0.5) is 0 Å². The third-order valence-electron chi connectivity index (χ3n) is 0.408. The fourth-order valence-corrected chi connectivity index (χ4v) is 0.204. The lowest BCUT2D eigenvalue weighted by molar-refractivity contribution is 0.286. The average Bonchev–Trinajstić information content (AvgIpc) is 1.68. The lowest BCUT2D eigenvalue weighted by Gasteiger charge is -1.91. The first-order chi connectivity index (χ1) is 3.12. The van der Waals surface area contributed by atoms with Crippen LogP contribution in [0, 0.1) is 0 Å². The van der Waals surface area contributed by atoms with Crippen molar-refractivity contribution in [2.24, 2.45) is 0 Å². The third kappa shape index (κ3) is 2.55. The van der Waals surface area contributed by atoms with Gasteiger partial charge in [-0.25, -0.2) is 0 Å². The van der Waals surface area contributed by atoms with Gasteiger partial charge in [0.1, 0.15) is 0 Å². The Kier molecular flexibility index (Phi) is 2.21. The fraction of sp³-hybridized carbons (Fsp3) is 1.00. The highest BCUT2D eigenvalue weighted by atomic mass is 32.3. The van der Waals surface area contributed by atoms with E-state index in [1.165, 1.54) is 0 Å². The quantitative estimate of drug-likeness (QED) is 0.504. The number of rotatable bonds is 2. The van der Waals surface area contributed by atoms with E-state index in [1.807, 2.05) is 0 Å². The molecule has 0 aliphatic carbocycles. The van der Waals surface area contributed by atoms with E-state index in [0.29, 0.717) is 0 Å². The second-order valence-electron chi connectivity index (χ2n) is 0.742. The molecular weight excluding hydrogens is 122 g/mol. The molecule has 7 heavy (non-hydrogen) atoms. The standard InChI is InChI=1S/C2H6O4S/c1-5-7(3,4)6-2/h1-2H3/i1+2. The van der Waals surface area contributed by atoms with Crippen molar-refractivity contribution in [2.75, 3.05) is 14.2 Å². The topological polar surface area (TPSA) is 52.6 Å². The predicted molar refractivity (Wildman–Crippen MR) is 22.9 cm³/mol. The molecule has 0 saturated heterocycles. The van der Waals surface area contributed by atoms with Crippen LogP contribution >= 0.6 is 0 Å². The molecule has 0 saturated carbocycles. The van der Waals surface area contributed by atoms with Gasteiger partial charge in [0.25, 0.3) is 0 Å². The van der Waals surface area contributed by atoms with Gasteiger partial charge < -0.3 is 0 Å². The molecule has 44 valence electrons. The minimum absolute atomic E-state index is 1.03. The van der Waals surface area contributed by atoms with Gasteiger partial charge in [-0.2, -0.15) is 8.42 Å². The van der Waals surface area contributed by atoms with Gasteiger partial charge >= 0.3 is 10.4 Å². The van der Waals surface area contributed by atoms with Gasteiger partial charge in [0.15, 0.2) is 0 Å². The van der Waals surface area contributed by atoms with E-state index in [-0.39, 0.29) is 0 Å². The largest absolute Gasteiger partial charge is 0.399 e. The smallest absolute Gasteiger partial charge is 0.252 e. The van der Waals surface area contributed by atoms with Crippen LogP contribution in [0.1, 0.15) is 0 Å². The van der Waals surface area contributed by atoms with Crippen molar-refractivity contribution in [3.63, 3.8) is 0 Å². The second kappa shape index (κ2) is 2.25. The monoisotopic (exact) mass is 128 g/mol. The lowest BCUT2D eigenvalue weighted by atomic mass is 11.8. The summed E-state index contributed by atoms with van der Waals surface area (Å²) in [7, 11) is -1.60. The number of hydrogen-bond donors (Lipinski definition) is 0. The summed E-state index contributed by atoms with van der Waals surface area (Å²) in [5.74, 6) is 0. The van der Waals surface area contributed by atoms with Crippen molar-refractivity contribution in [2.45, 2.75) is 0 Å². The van der Waals surface area contributed by atoms with Gasteiger partial charge in [-0.15, -0.1) is 0 Å². The van der Waals surface area contributed by atoms with Crippen molar-refractivity contribution in [3.05, 3.63) is 0 Å². The van der Waals surface area contributed by atoms with Crippen LogP contribution in [0.2, 0.25) is 0 Å². The second-order valence-corrected chi connectivity index (χ2v) is 2.22. The molecule has 0 radical (unpaired) electrons.